The van der Waals surface area contributed by atoms with Crippen molar-refractivity contribution >= 4 is 0 Å². The number of nitrogens with one attached hydrogen (secondary N) is 1. The first kappa shape index (κ1) is 18.0. The molecule has 1 rings (SSSR count). The molecule has 0 aliphatic carbocycles. The van der Waals surface area contributed by atoms with Gasteiger partial charge in [0.25, 0.3) is 0 Å². The molecule has 0 aromatic heterocycles. The summed E-state index contributed by atoms with van der Waals surface area (Å²) in [5.74, 6) is 0.873. The minimum absolute atomic E-state index is 0.0232. The number of hydrogen-bond donors (Lipinski definition) is 2. The van der Waals surface area contributed by atoms with Gasteiger partial charge in [-0.05, 0) is 49.4 Å². The number of rotatable bonds is 7. The molecule has 0 aliphatic rings. The third-order valence-corrected chi connectivity index (χ3v) is 3.42. The Morgan fingerprint density at radius 2 is 1.86 bits per heavy atom. The molecule has 0 fully saturated rings. The largest absolute Gasteiger partial charge is 0.490 e. The first-order valence-corrected chi connectivity index (χ1v) is 7.83. The lowest BCUT2D eigenvalue weighted by atomic mass is 9.86. The number of hydrogen-bond acceptors (Lipinski definition) is 3. The summed E-state index contributed by atoms with van der Waals surface area (Å²) in [6, 6.07) is 6.28. The molecule has 3 heteroatoms. The third-order valence-electron chi connectivity index (χ3n) is 3.42. The van der Waals surface area contributed by atoms with Crippen molar-refractivity contribution in [3.8, 4) is 5.75 Å². The Morgan fingerprint density at radius 1 is 1.19 bits per heavy atom. The smallest absolute Gasteiger partial charge is 0.123 e. The van der Waals surface area contributed by atoms with Crippen molar-refractivity contribution < 1.29 is 9.84 Å². The Morgan fingerprint density at radius 3 is 2.43 bits per heavy atom. The number of ether oxygens (including phenoxy) is 1. The first-order valence-electron chi connectivity index (χ1n) is 7.83. The molecule has 0 saturated heterocycles. The van der Waals surface area contributed by atoms with Gasteiger partial charge in [0.05, 0.1) is 0 Å². The van der Waals surface area contributed by atoms with Gasteiger partial charge >= 0.3 is 0 Å². The van der Waals surface area contributed by atoms with Crippen LogP contribution in [0.2, 0.25) is 0 Å². The van der Waals surface area contributed by atoms with Crippen molar-refractivity contribution in [1.82, 2.24) is 5.32 Å². The standard InChI is InChI=1S/C18H31NO2/c1-7-10-19-12-18(6,20)13-21-16-11-14(2)8-9-15(16)17(3,4)5/h8-9,11,19-20H,7,10,12-13H2,1-6H3. The van der Waals surface area contributed by atoms with E-state index in [1.807, 2.05) is 6.92 Å². The van der Waals surface area contributed by atoms with E-state index in [0.29, 0.717) is 6.54 Å². The van der Waals surface area contributed by atoms with Crippen molar-refractivity contribution in [3.63, 3.8) is 0 Å². The van der Waals surface area contributed by atoms with Gasteiger partial charge in [-0.15, -0.1) is 0 Å². The first-order chi connectivity index (χ1) is 9.65. The van der Waals surface area contributed by atoms with E-state index in [4.69, 9.17) is 4.74 Å². The van der Waals surface area contributed by atoms with Gasteiger partial charge in [-0.1, -0.05) is 39.8 Å². The molecule has 0 amide bonds. The molecule has 1 unspecified atom stereocenters. The van der Waals surface area contributed by atoms with Crippen LogP contribution in [-0.2, 0) is 5.41 Å². The van der Waals surface area contributed by atoms with E-state index in [9.17, 15) is 5.11 Å². The van der Waals surface area contributed by atoms with Gasteiger partial charge in [0.2, 0.25) is 0 Å². The van der Waals surface area contributed by atoms with E-state index in [2.05, 4.69) is 58.1 Å². The normalized spacial score (nSPS) is 14.8. The zero-order valence-corrected chi connectivity index (χ0v) is 14.4. The van der Waals surface area contributed by atoms with Crippen molar-refractivity contribution in [2.24, 2.45) is 0 Å². The third kappa shape index (κ3) is 6.06. The molecule has 0 bridgehead atoms. The van der Waals surface area contributed by atoms with Gasteiger partial charge in [-0.2, -0.15) is 0 Å². The van der Waals surface area contributed by atoms with Crippen LogP contribution in [0.15, 0.2) is 18.2 Å². The SMILES string of the molecule is CCCNCC(C)(O)COc1cc(C)ccc1C(C)(C)C. The van der Waals surface area contributed by atoms with Crippen LogP contribution in [-0.4, -0.2) is 30.4 Å². The van der Waals surface area contributed by atoms with E-state index >= 15 is 0 Å². The van der Waals surface area contributed by atoms with Crippen molar-refractivity contribution in [2.75, 3.05) is 19.7 Å². The molecule has 0 saturated carbocycles. The van der Waals surface area contributed by atoms with E-state index in [1.165, 1.54) is 11.1 Å². The zero-order valence-electron chi connectivity index (χ0n) is 14.4. The summed E-state index contributed by atoms with van der Waals surface area (Å²) < 4.78 is 5.95. The summed E-state index contributed by atoms with van der Waals surface area (Å²) in [6.45, 7) is 14.2. The molecule has 120 valence electrons. The molecular weight excluding hydrogens is 262 g/mol. The van der Waals surface area contributed by atoms with E-state index in [1.54, 1.807) is 0 Å². The molecule has 0 heterocycles. The molecule has 0 radical (unpaired) electrons. The zero-order chi connectivity index (χ0) is 16.1. The molecular formula is C18H31NO2. The fraction of sp³-hybridized carbons (Fsp3) is 0.667. The monoisotopic (exact) mass is 293 g/mol. The van der Waals surface area contributed by atoms with Crippen molar-refractivity contribution in [3.05, 3.63) is 29.3 Å². The van der Waals surface area contributed by atoms with Crippen LogP contribution in [0, 0.1) is 6.92 Å². The topological polar surface area (TPSA) is 41.5 Å². The summed E-state index contributed by atoms with van der Waals surface area (Å²) in [5, 5.41) is 13.6. The second kappa shape index (κ2) is 7.28. The number of aryl methyl sites for hydroxylation is 1. The van der Waals surface area contributed by atoms with Crippen LogP contribution in [0.25, 0.3) is 0 Å². The average molecular weight is 293 g/mol. The minimum atomic E-state index is -0.867. The highest BCUT2D eigenvalue weighted by molar-refractivity contribution is 5.41. The van der Waals surface area contributed by atoms with Gasteiger partial charge in [0, 0.05) is 6.54 Å². The maximum absolute atomic E-state index is 10.4. The maximum atomic E-state index is 10.4. The molecule has 0 aliphatic heterocycles. The molecule has 21 heavy (non-hydrogen) atoms. The lowest BCUT2D eigenvalue weighted by Gasteiger charge is -2.27. The number of benzene rings is 1. The average Bonchev–Trinajstić information content (AvgIpc) is 2.35. The second-order valence-electron chi connectivity index (χ2n) is 7.21. The van der Waals surface area contributed by atoms with Crippen LogP contribution < -0.4 is 10.1 Å². The van der Waals surface area contributed by atoms with Gasteiger partial charge in [0.1, 0.15) is 18.0 Å². The van der Waals surface area contributed by atoms with Crippen LogP contribution in [0.1, 0.15) is 52.2 Å². The Balaban J connectivity index is 2.76. The Labute approximate surface area is 129 Å². The molecule has 1 aromatic carbocycles. The maximum Gasteiger partial charge on any atom is 0.123 e. The molecule has 2 N–H and O–H groups in total. The van der Waals surface area contributed by atoms with Gasteiger partial charge in [-0.25, -0.2) is 0 Å². The molecule has 0 spiro atoms. The van der Waals surface area contributed by atoms with Gasteiger partial charge in [0.15, 0.2) is 0 Å². The Hall–Kier alpha value is -1.06. The predicted molar refractivity (Wildman–Crippen MR) is 89.2 cm³/mol. The quantitative estimate of drug-likeness (QED) is 0.757. The lowest BCUT2D eigenvalue weighted by Crippen LogP contribution is -2.43. The van der Waals surface area contributed by atoms with Gasteiger partial charge in [-0.3, -0.25) is 0 Å². The summed E-state index contributed by atoms with van der Waals surface area (Å²) >= 11 is 0. The van der Waals surface area contributed by atoms with Crippen LogP contribution in [0.5, 0.6) is 5.75 Å². The van der Waals surface area contributed by atoms with E-state index < -0.39 is 5.60 Å². The summed E-state index contributed by atoms with van der Waals surface area (Å²) in [7, 11) is 0. The lowest BCUT2D eigenvalue weighted by molar-refractivity contribution is 0.0119. The fourth-order valence-corrected chi connectivity index (χ4v) is 2.19. The summed E-state index contributed by atoms with van der Waals surface area (Å²) in [5.41, 5.74) is 1.50. The van der Waals surface area contributed by atoms with E-state index in [0.717, 1.165) is 18.7 Å². The molecule has 1 aromatic rings. The highest BCUT2D eigenvalue weighted by atomic mass is 16.5. The fourth-order valence-electron chi connectivity index (χ4n) is 2.19. The molecule has 3 nitrogen and oxygen atoms in total. The predicted octanol–water partition coefficient (Wildman–Crippen LogP) is 3.42. The Bertz CT molecular complexity index is 447. The minimum Gasteiger partial charge on any atom is -0.490 e. The van der Waals surface area contributed by atoms with Crippen molar-refractivity contribution in [1.29, 1.82) is 0 Å². The van der Waals surface area contributed by atoms with Gasteiger partial charge < -0.3 is 15.2 Å². The number of aliphatic hydroxyl groups is 1. The van der Waals surface area contributed by atoms with Crippen LogP contribution in [0.3, 0.4) is 0 Å². The highest BCUT2D eigenvalue weighted by Gasteiger charge is 2.24. The second-order valence-corrected chi connectivity index (χ2v) is 7.21. The van der Waals surface area contributed by atoms with E-state index in [-0.39, 0.29) is 12.0 Å². The molecule has 1 atom stereocenters. The summed E-state index contributed by atoms with van der Waals surface area (Å²) in [4.78, 5) is 0. The Kier molecular flexibility index (Phi) is 6.24. The van der Waals surface area contributed by atoms with Crippen molar-refractivity contribution in [2.45, 2.75) is 59.0 Å². The summed E-state index contributed by atoms with van der Waals surface area (Å²) in [6.07, 6.45) is 1.06. The van der Waals surface area contributed by atoms with Crippen LogP contribution >= 0.6 is 0 Å². The highest BCUT2D eigenvalue weighted by Crippen LogP contribution is 2.32. The van der Waals surface area contributed by atoms with Crippen LogP contribution in [0.4, 0.5) is 0 Å².